The van der Waals surface area contributed by atoms with Crippen LogP contribution in [0.4, 0.5) is 8.78 Å². The van der Waals surface area contributed by atoms with Gasteiger partial charge < -0.3 is 10.5 Å². The molecule has 0 amide bonds. The van der Waals surface area contributed by atoms with Crippen molar-refractivity contribution in [1.82, 2.24) is 4.90 Å². The van der Waals surface area contributed by atoms with E-state index in [0.29, 0.717) is 19.6 Å². The number of hydrogen-bond donors (Lipinski definition) is 1. The highest BCUT2D eigenvalue weighted by Crippen LogP contribution is 2.14. The van der Waals surface area contributed by atoms with Gasteiger partial charge in [-0.3, -0.25) is 4.90 Å². The molecule has 0 spiro atoms. The average molecular weight is 222 g/mol. The van der Waals surface area contributed by atoms with E-state index < -0.39 is 6.43 Å². The van der Waals surface area contributed by atoms with Crippen molar-refractivity contribution in [3.8, 4) is 0 Å². The van der Waals surface area contributed by atoms with Crippen molar-refractivity contribution >= 4 is 0 Å². The monoisotopic (exact) mass is 222 g/mol. The summed E-state index contributed by atoms with van der Waals surface area (Å²) < 4.78 is 30.0. The summed E-state index contributed by atoms with van der Waals surface area (Å²) >= 11 is 0. The number of halogens is 2. The highest BCUT2D eigenvalue weighted by molar-refractivity contribution is 4.70. The summed E-state index contributed by atoms with van der Waals surface area (Å²) in [6.45, 7) is 2.08. The zero-order valence-electron chi connectivity index (χ0n) is 9.00. The minimum absolute atomic E-state index is 0.115. The summed E-state index contributed by atoms with van der Waals surface area (Å²) in [5.41, 5.74) is 5.38. The number of rotatable bonds is 6. The molecule has 0 aromatic rings. The normalized spacial score (nSPS) is 22.6. The SMILES string of the molecule is NCCN(CC(F)F)CC1CCCCO1. The maximum atomic E-state index is 12.2. The lowest BCUT2D eigenvalue weighted by molar-refractivity contribution is -0.0155. The molecule has 0 radical (unpaired) electrons. The van der Waals surface area contributed by atoms with Crippen molar-refractivity contribution in [1.29, 1.82) is 0 Å². The molecule has 1 unspecified atom stereocenters. The first kappa shape index (κ1) is 12.8. The Morgan fingerprint density at radius 2 is 2.20 bits per heavy atom. The van der Waals surface area contributed by atoms with E-state index in [2.05, 4.69) is 0 Å². The van der Waals surface area contributed by atoms with E-state index in [1.807, 2.05) is 0 Å². The average Bonchev–Trinajstić information content (AvgIpc) is 2.18. The Bertz CT molecular complexity index is 164. The predicted molar refractivity (Wildman–Crippen MR) is 55.1 cm³/mol. The maximum absolute atomic E-state index is 12.2. The summed E-state index contributed by atoms with van der Waals surface area (Å²) in [6, 6.07) is 0. The van der Waals surface area contributed by atoms with Crippen LogP contribution in [0.5, 0.6) is 0 Å². The van der Waals surface area contributed by atoms with Gasteiger partial charge in [0.15, 0.2) is 0 Å². The van der Waals surface area contributed by atoms with Crippen molar-refractivity contribution in [2.75, 3.05) is 32.8 Å². The topological polar surface area (TPSA) is 38.5 Å². The molecule has 2 N–H and O–H groups in total. The van der Waals surface area contributed by atoms with Gasteiger partial charge in [-0.05, 0) is 19.3 Å². The van der Waals surface area contributed by atoms with Crippen LogP contribution in [0.3, 0.4) is 0 Å². The van der Waals surface area contributed by atoms with E-state index in [0.717, 1.165) is 25.9 Å². The van der Waals surface area contributed by atoms with Crippen LogP contribution >= 0.6 is 0 Å². The summed E-state index contributed by atoms with van der Waals surface area (Å²) in [6.07, 6.45) is 1.02. The molecule has 1 aliphatic rings. The molecular formula is C10H20F2N2O. The van der Waals surface area contributed by atoms with E-state index in [1.165, 1.54) is 0 Å². The van der Waals surface area contributed by atoms with Crippen LogP contribution in [0.2, 0.25) is 0 Å². The van der Waals surface area contributed by atoms with Gasteiger partial charge in [-0.25, -0.2) is 8.78 Å². The van der Waals surface area contributed by atoms with E-state index in [4.69, 9.17) is 10.5 Å². The lowest BCUT2D eigenvalue weighted by atomic mass is 10.1. The van der Waals surface area contributed by atoms with Gasteiger partial charge >= 0.3 is 0 Å². The quantitative estimate of drug-likeness (QED) is 0.731. The minimum atomic E-state index is -2.29. The van der Waals surface area contributed by atoms with Gasteiger partial charge in [-0.2, -0.15) is 0 Å². The van der Waals surface area contributed by atoms with Gasteiger partial charge in [0, 0.05) is 26.2 Å². The first-order valence-corrected chi connectivity index (χ1v) is 5.54. The molecule has 15 heavy (non-hydrogen) atoms. The second kappa shape index (κ2) is 7.09. The molecule has 1 rings (SSSR count). The summed E-state index contributed by atoms with van der Waals surface area (Å²) in [5.74, 6) is 0. The molecule has 0 aliphatic carbocycles. The summed E-state index contributed by atoms with van der Waals surface area (Å²) in [5, 5.41) is 0. The third-order valence-corrected chi connectivity index (χ3v) is 2.58. The van der Waals surface area contributed by atoms with Crippen LogP contribution < -0.4 is 5.73 Å². The summed E-state index contributed by atoms with van der Waals surface area (Å²) in [7, 11) is 0. The van der Waals surface area contributed by atoms with Gasteiger partial charge in [-0.15, -0.1) is 0 Å². The Morgan fingerprint density at radius 3 is 2.73 bits per heavy atom. The number of nitrogens with zero attached hydrogens (tertiary/aromatic N) is 1. The van der Waals surface area contributed by atoms with Crippen molar-refractivity contribution in [3.05, 3.63) is 0 Å². The van der Waals surface area contributed by atoms with Crippen LogP contribution in [0.1, 0.15) is 19.3 Å². The van der Waals surface area contributed by atoms with Crippen LogP contribution in [-0.4, -0.2) is 50.2 Å². The maximum Gasteiger partial charge on any atom is 0.251 e. The number of ether oxygens (including phenoxy) is 1. The van der Waals surface area contributed by atoms with Crippen LogP contribution in [0, 0.1) is 0 Å². The lowest BCUT2D eigenvalue weighted by Gasteiger charge is -2.29. The first-order valence-electron chi connectivity index (χ1n) is 5.54. The zero-order chi connectivity index (χ0) is 11.1. The number of hydrogen-bond acceptors (Lipinski definition) is 3. The van der Waals surface area contributed by atoms with Crippen LogP contribution in [-0.2, 0) is 4.74 Å². The zero-order valence-corrected chi connectivity index (χ0v) is 9.00. The van der Waals surface area contributed by atoms with Gasteiger partial charge in [0.05, 0.1) is 12.6 Å². The van der Waals surface area contributed by atoms with Crippen molar-refractivity contribution in [3.63, 3.8) is 0 Å². The van der Waals surface area contributed by atoms with Crippen molar-refractivity contribution < 1.29 is 13.5 Å². The molecule has 1 heterocycles. The Labute approximate surface area is 89.6 Å². The molecule has 0 aromatic carbocycles. The standard InChI is InChI=1S/C10H20F2N2O/c11-10(12)8-14(5-4-13)7-9-3-1-2-6-15-9/h9-10H,1-8,13H2. The van der Waals surface area contributed by atoms with Crippen LogP contribution in [0.25, 0.3) is 0 Å². The fraction of sp³-hybridized carbons (Fsp3) is 1.00. The van der Waals surface area contributed by atoms with E-state index >= 15 is 0 Å². The number of nitrogens with two attached hydrogens (primary N) is 1. The van der Waals surface area contributed by atoms with E-state index in [1.54, 1.807) is 4.90 Å². The molecular weight excluding hydrogens is 202 g/mol. The molecule has 90 valence electrons. The highest BCUT2D eigenvalue weighted by Gasteiger charge is 2.19. The Morgan fingerprint density at radius 1 is 1.40 bits per heavy atom. The Hall–Kier alpha value is -0.260. The molecule has 1 fully saturated rings. The fourth-order valence-electron chi connectivity index (χ4n) is 1.87. The molecule has 3 nitrogen and oxygen atoms in total. The molecule has 0 bridgehead atoms. The highest BCUT2D eigenvalue weighted by atomic mass is 19.3. The van der Waals surface area contributed by atoms with Gasteiger partial charge in [-0.1, -0.05) is 0 Å². The minimum Gasteiger partial charge on any atom is -0.377 e. The van der Waals surface area contributed by atoms with Gasteiger partial charge in [0.1, 0.15) is 0 Å². The fourth-order valence-corrected chi connectivity index (χ4v) is 1.87. The third-order valence-electron chi connectivity index (χ3n) is 2.58. The lowest BCUT2D eigenvalue weighted by Crippen LogP contribution is -2.40. The largest absolute Gasteiger partial charge is 0.377 e. The smallest absolute Gasteiger partial charge is 0.251 e. The van der Waals surface area contributed by atoms with E-state index in [9.17, 15) is 8.78 Å². The van der Waals surface area contributed by atoms with Crippen molar-refractivity contribution in [2.45, 2.75) is 31.8 Å². The second-order valence-electron chi connectivity index (χ2n) is 3.93. The predicted octanol–water partition coefficient (Wildman–Crippen LogP) is 1.08. The second-order valence-corrected chi connectivity index (χ2v) is 3.93. The summed E-state index contributed by atoms with van der Waals surface area (Å²) in [4.78, 5) is 1.70. The molecule has 0 saturated carbocycles. The van der Waals surface area contributed by atoms with E-state index in [-0.39, 0.29) is 12.6 Å². The molecule has 0 aromatic heterocycles. The Kier molecular flexibility index (Phi) is 6.05. The van der Waals surface area contributed by atoms with Crippen molar-refractivity contribution in [2.24, 2.45) is 5.73 Å². The molecule has 1 aliphatic heterocycles. The van der Waals surface area contributed by atoms with Gasteiger partial charge in [0.25, 0.3) is 6.43 Å². The Balaban J connectivity index is 2.28. The molecule has 1 saturated heterocycles. The number of alkyl halides is 2. The van der Waals surface area contributed by atoms with Crippen LogP contribution in [0.15, 0.2) is 0 Å². The molecule has 5 heteroatoms. The molecule has 1 atom stereocenters. The first-order chi connectivity index (χ1) is 7.22. The van der Waals surface area contributed by atoms with Gasteiger partial charge in [0.2, 0.25) is 0 Å². The third kappa shape index (κ3) is 5.39.